The number of ether oxygens (including phenoxy) is 1. The Balaban J connectivity index is 1.83. The largest absolute Gasteiger partial charge is 0.374 e. The molecule has 2 unspecified atom stereocenters. The summed E-state index contributed by atoms with van der Waals surface area (Å²) in [6.45, 7) is 5.31. The van der Waals surface area contributed by atoms with E-state index in [-0.39, 0.29) is 5.60 Å². The second-order valence-electron chi connectivity index (χ2n) is 5.76. The van der Waals surface area contributed by atoms with Crippen LogP contribution in [0.1, 0.15) is 50.5 Å². The van der Waals surface area contributed by atoms with Crippen LogP contribution in [-0.4, -0.2) is 33.5 Å². The lowest BCUT2D eigenvalue weighted by molar-refractivity contribution is -0.0781. The molecule has 0 amide bonds. The summed E-state index contributed by atoms with van der Waals surface area (Å²) in [5.41, 5.74) is 2.78. The zero-order chi connectivity index (χ0) is 13.3. The Morgan fingerprint density at radius 1 is 1.47 bits per heavy atom. The van der Waals surface area contributed by atoms with E-state index >= 15 is 0 Å². The smallest absolute Gasteiger partial charge is 0.0800 e. The molecule has 3 nitrogen and oxygen atoms in total. The Bertz CT molecular complexity index is 437. The zero-order valence-electron chi connectivity index (χ0n) is 12.0. The molecule has 1 aromatic heterocycles. The molecule has 0 aromatic carbocycles. The summed E-state index contributed by atoms with van der Waals surface area (Å²) in [6.07, 6.45) is 5.59. The van der Waals surface area contributed by atoms with Crippen molar-refractivity contribution in [2.45, 2.75) is 57.6 Å². The quantitative estimate of drug-likeness (QED) is 0.850. The first-order valence-corrected chi connectivity index (χ1v) is 8.71. The lowest BCUT2D eigenvalue weighted by Gasteiger charge is -2.38. The molecule has 1 spiro atoms. The van der Waals surface area contributed by atoms with Gasteiger partial charge < -0.3 is 4.74 Å². The van der Waals surface area contributed by atoms with E-state index in [1.165, 1.54) is 29.3 Å². The van der Waals surface area contributed by atoms with Crippen molar-refractivity contribution < 1.29 is 4.74 Å². The molecular formula is C15H24N2OS. The fourth-order valence-corrected chi connectivity index (χ4v) is 4.70. The second kappa shape index (κ2) is 5.49. The molecule has 3 heterocycles. The molecule has 4 heteroatoms. The van der Waals surface area contributed by atoms with Crippen LogP contribution >= 0.6 is 11.8 Å². The van der Waals surface area contributed by atoms with E-state index in [4.69, 9.17) is 9.84 Å². The standard InChI is InChI=1S/C15H24N2OS/c1-3-12-9-13(4-2)17(16-12)14-5-7-18-15(10-14)6-8-19-11-15/h9,14H,3-8,10-11H2,1-2H3. The molecule has 1 aromatic rings. The summed E-state index contributed by atoms with van der Waals surface area (Å²) in [5, 5.41) is 4.83. The van der Waals surface area contributed by atoms with Crippen LogP contribution in [0.3, 0.4) is 0 Å². The van der Waals surface area contributed by atoms with E-state index in [1.807, 2.05) is 11.8 Å². The van der Waals surface area contributed by atoms with Gasteiger partial charge in [0.15, 0.2) is 0 Å². The van der Waals surface area contributed by atoms with Crippen LogP contribution in [0.15, 0.2) is 6.07 Å². The highest BCUT2D eigenvalue weighted by Crippen LogP contribution is 2.42. The molecule has 106 valence electrons. The van der Waals surface area contributed by atoms with Crippen LogP contribution in [0.25, 0.3) is 0 Å². The van der Waals surface area contributed by atoms with Gasteiger partial charge in [-0.05, 0) is 43.9 Å². The maximum Gasteiger partial charge on any atom is 0.0800 e. The molecule has 2 aliphatic heterocycles. The van der Waals surface area contributed by atoms with Crippen LogP contribution in [-0.2, 0) is 17.6 Å². The molecule has 0 N–H and O–H groups in total. The lowest BCUT2D eigenvalue weighted by atomic mass is 9.90. The van der Waals surface area contributed by atoms with Crippen molar-refractivity contribution in [3.05, 3.63) is 17.5 Å². The van der Waals surface area contributed by atoms with Gasteiger partial charge in [-0.3, -0.25) is 4.68 Å². The van der Waals surface area contributed by atoms with Crippen molar-refractivity contribution in [1.82, 2.24) is 9.78 Å². The summed E-state index contributed by atoms with van der Waals surface area (Å²) in [7, 11) is 0. The first-order valence-electron chi connectivity index (χ1n) is 7.55. The zero-order valence-corrected chi connectivity index (χ0v) is 12.8. The molecule has 0 radical (unpaired) electrons. The SMILES string of the molecule is CCc1cc(CC)n(C2CCOC3(CCSC3)C2)n1. The number of hydrogen-bond donors (Lipinski definition) is 0. The van der Waals surface area contributed by atoms with Gasteiger partial charge in [-0.2, -0.15) is 16.9 Å². The van der Waals surface area contributed by atoms with Gasteiger partial charge in [0.25, 0.3) is 0 Å². The third-order valence-electron chi connectivity index (χ3n) is 4.47. The van der Waals surface area contributed by atoms with E-state index in [0.29, 0.717) is 6.04 Å². The van der Waals surface area contributed by atoms with Gasteiger partial charge in [0.05, 0.1) is 17.3 Å². The predicted octanol–water partition coefficient (Wildman–Crippen LogP) is 3.24. The van der Waals surface area contributed by atoms with E-state index in [1.54, 1.807) is 0 Å². The summed E-state index contributed by atoms with van der Waals surface area (Å²) in [4.78, 5) is 0. The van der Waals surface area contributed by atoms with E-state index in [9.17, 15) is 0 Å². The van der Waals surface area contributed by atoms with Crippen LogP contribution in [0.4, 0.5) is 0 Å². The van der Waals surface area contributed by atoms with Crippen LogP contribution < -0.4 is 0 Å². The van der Waals surface area contributed by atoms with E-state index < -0.39 is 0 Å². The Labute approximate surface area is 120 Å². The van der Waals surface area contributed by atoms with Crippen molar-refractivity contribution in [1.29, 1.82) is 0 Å². The third kappa shape index (κ3) is 2.57. The maximum absolute atomic E-state index is 6.12. The van der Waals surface area contributed by atoms with Gasteiger partial charge in [-0.25, -0.2) is 0 Å². The average Bonchev–Trinajstić information content (AvgIpc) is 3.05. The van der Waals surface area contributed by atoms with Gasteiger partial charge in [-0.1, -0.05) is 13.8 Å². The highest BCUT2D eigenvalue weighted by atomic mass is 32.2. The summed E-state index contributed by atoms with van der Waals surface area (Å²) in [5.74, 6) is 2.43. The topological polar surface area (TPSA) is 27.1 Å². The first kappa shape index (κ1) is 13.5. The first-order chi connectivity index (χ1) is 9.26. The average molecular weight is 280 g/mol. The van der Waals surface area contributed by atoms with Crippen molar-refractivity contribution >= 4 is 11.8 Å². The highest BCUT2D eigenvalue weighted by Gasteiger charge is 2.41. The number of aromatic nitrogens is 2. The molecule has 2 saturated heterocycles. The van der Waals surface area contributed by atoms with Gasteiger partial charge >= 0.3 is 0 Å². The molecule has 3 rings (SSSR count). The number of thioether (sulfide) groups is 1. The highest BCUT2D eigenvalue weighted by molar-refractivity contribution is 7.99. The molecule has 19 heavy (non-hydrogen) atoms. The molecular weight excluding hydrogens is 256 g/mol. The fourth-order valence-electron chi connectivity index (χ4n) is 3.32. The van der Waals surface area contributed by atoms with Gasteiger partial charge in [-0.15, -0.1) is 0 Å². The minimum atomic E-state index is 0.150. The molecule has 0 saturated carbocycles. The number of nitrogens with zero attached hydrogens (tertiary/aromatic N) is 2. The summed E-state index contributed by atoms with van der Waals surface area (Å²) >= 11 is 2.04. The Hall–Kier alpha value is -0.480. The minimum absolute atomic E-state index is 0.150. The van der Waals surface area contributed by atoms with Gasteiger partial charge in [0.1, 0.15) is 0 Å². The maximum atomic E-state index is 6.12. The van der Waals surface area contributed by atoms with Gasteiger partial charge in [0, 0.05) is 18.1 Å². The molecule has 2 atom stereocenters. The molecule has 2 fully saturated rings. The van der Waals surface area contributed by atoms with Crippen molar-refractivity contribution in [2.75, 3.05) is 18.1 Å². The third-order valence-corrected chi connectivity index (χ3v) is 5.69. The molecule has 0 aliphatic carbocycles. The van der Waals surface area contributed by atoms with Crippen molar-refractivity contribution in [2.24, 2.45) is 0 Å². The number of rotatable bonds is 3. The van der Waals surface area contributed by atoms with Crippen molar-refractivity contribution in [3.8, 4) is 0 Å². The van der Waals surface area contributed by atoms with Crippen LogP contribution in [0, 0.1) is 0 Å². The second-order valence-corrected chi connectivity index (χ2v) is 6.86. The fraction of sp³-hybridized carbons (Fsp3) is 0.800. The normalized spacial score (nSPS) is 31.2. The summed E-state index contributed by atoms with van der Waals surface area (Å²) < 4.78 is 8.43. The van der Waals surface area contributed by atoms with E-state index in [0.717, 1.165) is 32.3 Å². The summed E-state index contributed by atoms with van der Waals surface area (Å²) in [6, 6.07) is 2.83. The van der Waals surface area contributed by atoms with Gasteiger partial charge in [0.2, 0.25) is 0 Å². The molecule has 0 bridgehead atoms. The Morgan fingerprint density at radius 3 is 3.05 bits per heavy atom. The Kier molecular flexibility index (Phi) is 3.90. The lowest BCUT2D eigenvalue weighted by Crippen LogP contribution is -2.41. The number of hydrogen-bond acceptors (Lipinski definition) is 3. The van der Waals surface area contributed by atoms with Crippen LogP contribution in [0.2, 0.25) is 0 Å². The molecule has 2 aliphatic rings. The van der Waals surface area contributed by atoms with Crippen LogP contribution in [0.5, 0.6) is 0 Å². The Morgan fingerprint density at radius 2 is 2.37 bits per heavy atom. The number of aryl methyl sites for hydroxylation is 2. The monoisotopic (exact) mass is 280 g/mol. The predicted molar refractivity (Wildman–Crippen MR) is 79.9 cm³/mol. The van der Waals surface area contributed by atoms with E-state index in [2.05, 4.69) is 24.6 Å². The van der Waals surface area contributed by atoms with Crippen molar-refractivity contribution in [3.63, 3.8) is 0 Å². The minimum Gasteiger partial charge on any atom is -0.374 e.